The summed E-state index contributed by atoms with van der Waals surface area (Å²) in [4.78, 5) is 24.2. The van der Waals surface area contributed by atoms with Gasteiger partial charge in [-0.05, 0) is 39.5 Å². The normalized spacial score (nSPS) is 33.5. The third-order valence-electron chi connectivity index (χ3n) is 2.91. The Hall–Kier alpha value is -1.06. The summed E-state index contributed by atoms with van der Waals surface area (Å²) in [6, 6.07) is -0.00125. The Morgan fingerprint density at radius 2 is 2.07 bits per heavy atom. The summed E-state index contributed by atoms with van der Waals surface area (Å²) >= 11 is 0. The summed E-state index contributed by atoms with van der Waals surface area (Å²) in [5, 5.41) is 0. The molecule has 0 N–H and O–H groups in total. The molecule has 1 saturated carbocycles. The minimum Gasteiger partial charge on any atom is -0.444 e. The molecule has 2 fully saturated rings. The molecule has 2 rings (SSSR count). The Bertz CT molecular complexity index is 295. The molecule has 1 aliphatic heterocycles. The van der Waals surface area contributed by atoms with Crippen molar-refractivity contribution >= 4 is 12.4 Å². The molecule has 1 aliphatic carbocycles. The largest absolute Gasteiger partial charge is 0.444 e. The van der Waals surface area contributed by atoms with Gasteiger partial charge in [0.2, 0.25) is 0 Å². The molecule has 84 valence electrons. The van der Waals surface area contributed by atoms with E-state index in [1.54, 1.807) is 4.90 Å². The summed E-state index contributed by atoms with van der Waals surface area (Å²) < 4.78 is 5.28. The van der Waals surface area contributed by atoms with Crippen molar-refractivity contribution in [3.05, 3.63) is 0 Å². The lowest BCUT2D eigenvalue weighted by Gasteiger charge is -2.28. The number of aldehydes is 1. The summed E-state index contributed by atoms with van der Waals surface area (Å²) in [6.07, 6.45) is 2.36. The van der Waals surface area contributed by atoms with E-state index in [4.69, 9.17) is 4.74 Å². The molecular formula is C11H17NO3. The highest BCUT2D eigenvalue weighted by atomic mass is 16.6. The Labute approximate surface area is 89.6 Å². The van der Waals surface area contributed by atoms with Crippen molar-refractivity contribution in [3.63, 3.8) is 0 Å². The summed E-state index contributed by atoms with van der Waals surface area (Å²) in [5.74, 6) is 0.535. The van der Waals surface area contributed by atoms with E-state index in [2.05, 4.69) is 0 Å². The molecule has 0 aromatic carbocycles. The second-order valence-electron chi connectivity index (χ2n) is 5.39. The van der Waals surface area contributed by atoms with Crippen LogP contribution < -0.4 is 0 Å². The molecule has 0 bridgehead atoms. The van der Waals surface area contributed by atoms with E-state index in [-0.39, 0.29) is 18.2 Å². The van der Waals surface area contributed by atoms with Crippen molar-refractivity contribution in [2.75, 3.05) is 0 Å². The molecule has 1 heterocycles. The van der Waals surface area contributed by atoms with Crippen LogP contribution in [0.3, 0.4) is 0 Å². The molecule has 1 amide bonds. The average molecular weight is 211 g/mol. The maximum atomic E-state index is 11.8. The van der Waals surface area contributed by atoms with Crippen LogP contribution in [-0.4, -0.2) is 35.0 Å². The maximum Gasteiger partial charge on any atom is 0.411 e. The van der Waals surface area contributed by atoms with Crippen LogP contribution >= 0.6 is 0 Å². The van der Waals surface area contributed by atoms with Gasteiger partial charge in [-0.25, -0.2) is 4.79 Å². The smallest absolute Gasteiger partial charge is 0.411 e. The highest BCUT2D eigenvalue weighted by molar-refractivity contribution is 5.76. The fourth-order valence-corrected chi connectivity index (χ4v) is 2.20. The molecule has 1 saturated heterocycles. The van der Waals surface area contributed by atoms with Crippen LogP contribution in [0.1, 0.15) is 33.6 Å². The standard InChI is InChI=1S/C11H17NO3/c1-11(2,3)15-10(14)12-8(6-13)4-7-5-9(7)12/h6-9H,4-5H2,1-3H3/t7-,8-,9+/m0/s1. The van der Waals surface area contributed by atoms with Crippen LogP contribution in [-0.2, 0) is 9.53 Å². The number of nitrogens with zero attached hydrogens (tertiary/aromatic N) is 1. The lowest BCUT2D eigenvalue weighted by atomic mass is 10.2. The first kappa shape index (κ1) is 10.5. The lowest BCUT2D eigenvalue weighted by Crippen LogP contribution is -2.42. The summed E-state index contributed by atoms with van der Waals surface area (Å²) in [5.41, 5.74) is -0.489. The van der Waals surface area contributed by atoms with Gasteiger partial charge in [0, 0.05) is 6.04 Å². The van der Waals surface area contributed by atoms with Gasteiger partial charge >= 0.3 is 6.09 Å². The van der Waals surface area contributed by atoms with E-state index in [9.17, 15) is 9.59 Å². The number of hydrogen-bond donors (Lipinski definition) is 0. The van der Waals surface area contributed by atoms with Gasteiger partial charge in [-0.2, -0.15) is 0 Å². The van der Waals surface area contributed by atoms with Crippen LogP contribution in [0.15, 0.2) is 0 Å². The number of likely N-dealkylation sites (tertiary alicyclic amines) is 1. The number of carbonyl (C=O) groups excluding carboxylic acids is 2. The van der Waals surface area contributed by atoms with Gasteiger partial charge in [0.25, 0.3) is 0 Å². The van der Waals surface area contributed by atoms with Crippen LogP contribution in [0.25, 0.3) is 0 Å². The van der Waals surface area contributed by atoms with Gasteiger partial charge < -0.3 is 9.53 Å². The fraction of sp³-hybridized carbons (Fsp3) is 0.818. The average Bonchev–Trinajstić information content (AvgIpc) is 2.73. The summed E-state index contributed by atoms with van der Waals surface area (Å²) in [6.45, 7) is 5.50. The van der Waals surface area contributed by atoms with E-state index in [1.165, 1.54) is 0 Å². The van der Waals surface area contributed by atoms with Crippen LogP contribution in [0, 0.1) is 5.92 Å². The molecule has 0 aromatic rings. The zero-order chi connectivity index (χ0) is 11.2. The van der Waals surface area contributed by atoms with Crippen LogP contribution in [0.2, 0.25) is 0 Å². The fourth-order valence-electron chi connectivity index (χ4n) is 2.20. The second kappa shape index (κ2) is 3.22. The number of ether oxygens (including phenoxy) is 1. The van der Waals surface area contributed by atoms with Crippen molar-refractivity contribution in [3.8, 4) is 0 Å². The van der Waals surface area contributed by atoms with E-state index < -0.39 is 5.60 Å². The highest BCUT2D eigenvalue weighted by Gasteiger charge is 2.54. The number of carbonyl (C=O) groups is 2. The van der Waals surface area contributed by atoms with Crippen molar-refractivity contribution in [1.29, 1.82) is 0 Å². The topological polar surface area (TPSA) is 46.6 Å². The Balaban J connectivity index is 2.02. The lowest BCUT2D eigenvalue weighted by molar-refractivity contribution is -0.112. The first-order chi connectivity index (χ1) is 6.92. The minimum absolute atomic E-state index is 0.259. The van der Waals surface area contributed by atoms with Crippen LogP contribution in [0.5, 0.6) is 0 Å². The van der Waals surface area contributed by atoms with E-state index >= 15 is 0 Å². The van der Waals surface area contributed by atoms with Crippen molar-refractivity contribution in [1.82, 2.24) is 4.90 Å². The molecule has 2 aliphatic rings. The highest BCUT2D eigenvalue weighted by Crippen LogP contribution is 2.47. The molecule has 0 spiro atoms. The maximum absolute atomic E-state index is 11.8. The molecule has 4 heteroatoms. The Kier molecular flexibility index (Phi) is 2.24. The van der Waals surface area contributed by atoms with Crippen molar-refractivity contribution < 1.29 is 14.3 Å². The van der Waals surface area contributed by atoms with E-state index in [1.807, 2.05) is 20.8 Å². The minimum atomic E-state index is -0.489. The quantitative estimate of drug-likeness (QED) is 0.619. The molecule has 0 aromatic heterocycles. The summed E-state index contributed by atoms with van der Waals surface area (Å²) in [7, 11) is 0. The molecule has 0 unspecified atom stereocenters. The van der Waals surface area contributed by atoms with E-state index in [0.29, 0.717) is 5.92 Å². The van der Waals surface area contributed by atoms with Crippen molar-refractivity contribution in [2.24, 2.45) is 5.92 Å². The van der Waals surface area contributed by atoms with E-state index in [0.717, 1.165) is 19.1 Å². The van der Waals surface area contributed by atoms with Gasteiger partial charge in [-0.15, -0.1) is 0 Å². The molecule has 15 heavy (non-hydrogen) atoms. The third-order valence-corrected chi connectivity index (χ3v) is 2.91. The number of rotatable bonds is 1. The molecule has 4 nitrogen and oxygen atoms in total. The number of amides is 1. The zero-order valence-corrected chi connectivity index (χ0v) is 9.40. The first-order valence-electron chi connectivity index (χ1n) is 5.39. The Morgan fingerprint density at radius 3 is 2.60 bits per heavy atom. The van der Waals surface area contributed by atoms with Gasteiger partial charge in [0.15, 0.2) is 0 Å². The molecule has 3 atom stereocenters. The number of fused-ring (bicyclic) bond motifs is 1. The predicted molar refractivity (Wildman–Crippen MR) is 54.4 cm³/mol. The predicted octanol–water partition coefficient (Wildman–Crippen LogP) is 1.58. The monoisotopic (exact) mass is 211 g/mol. The first-order valence-corrected chi connectivity index (χ1v) is 5.39. The van der Waals surface area contributed by atoms with Gasteiger partial charge in [0.05, 0.1) is 6.04 Å². The SMILES string of the molecule is CC(C)(C)OC(=O)N1[C@H](C=O)C[C@H]2C[C@H]21. The zero-order valence-electron chi connectivity index (χ0n) is 9.40. The third kappa shape index (κ3) is 1.98. The Morgan fingerprint density at radius 1 is 1.40 bits per heavy atom. The van der Waals surface area contributed by atoms with Gasteiger partial charge in [-0.1, -0.05) is 0 Å². The second-order valence-corrected chi connectivity index (χ2v) is 5.39. The van der Waals surface area contributed by atoms with Gasteiger partial charge in [-0.3, -0.25) is 4.90 Å². The number of hydrogen-bond acceptors (Lipinski definition) is 3. The van der Waals surface area contributed by atoms with Gasteiger partial charge in [0.1, 0.15) is 11.9 Å². The van der Waals surface area contributed by atoms with Crippen molar-refractivity contribution in [2.45, 2.75) is 51.3 Å². The molecular weight excluding hydrogens is 194 g/mol. The number of piperidine rings is 1. The van der Waals surface area contributed by atoms with Crippen LogP contribution in [0.4, 0.5) is 4.79 Å². The molecule has 0 radical (unpaired) electrons.